The van der Waals surface area contributed by atoms with Crippen LogP contribution in [0.4, 0.5) is 5.69 Å². The molecule has 0 aliphatic carbocycles. The van der Waals surface area contributed by atoms with Crippen LogP contribution in [0.1, 0.15) is 19.3 Å². The Balaban J connectivity index is 1.78. The molecule has 3 heterocycles. The number of nitrogens with two attached hydrogens (primary N) is 2. The van der Waals surface area contributed by atoms with Crippen LogP contribution >= 0.6 is 0 Å². The fourth-order valence-corrected chi connectivity index (χ4v) is 3.01. The molecule has 0 bridgehead atoms. The maximum atomic E-state index is 12.9. The van der Waals surface area contributed by atoms with E-state index >= 15 is 0 Å². The number of hydrogen-bond donors (Lipinski definition) is 5. The molecular weight excluding hydrogens is 372 g/mol. The number of amidine groups is 1. The Labute approximate surface area is 168 Å². The number of carbonyl (C=O) groups is 1. The Hall–Kier alpha value is -3.55. The zero-order valence-corrected chi connectivity index (χ0v) is 15.8. The van der Waals surface area contributed by atoms with Crippen LogP contribution < -0.4 is 26.4 Å². The average Bonchev–Trinajstić information content (AvgIpc) is 2.72. The number of nitriles is 1. The molecule has 3 rings (SSSR count). The normalized spacial score (nSPS) is 20.2. The van der Waals surface area contributed by atoms with Crippen molar-refractivity contribution in [3.8, 4) is 11.8 Å². The number of nitrogens with one attached hydrogen (secondary N) is 3. The molecule has 1 aromatic rings. The summed E-state index contributed by atoms with van der Waals surface area (Å²) in [4.78, 5) is 21.1. The second-order valence-corrected chi connectivity index (χ2v) is 6.59. The Morgan fingerprint density at radius 3 is 3.07 bits per heavy atom. The van der Waals surface area contributed by atoms with Crippen molar-refractivity contribution in [3.05, 3.63) is 41.6 Å². The van der Waals surface area contributed by atoms with Crippen molar-refractivity contribution in [1.29, 1.82) is 10.7 Å². The van der Waals surface area contributed by atoms with Crippen molar-refractivity contribution in [2.24, 2.45) is 10.7 Å². The first-order chi connectivity index (χ1) is 14.1. The lowest BCUT2D eigenvalue weighted by atomic mass is 10.1. The molecule has 2 aliphatic rings. The lowest BCUT2D eigenvalue weighted by molar-refractivity contribution is -0.537. The number of aliphatic imine (C=N–C) groups is 1. The Kier molecular flexibility index (Phi) is 6.67. The number of nitrogens with zero attached hydrogens (tertiary/aromatic N) is 3. The average molecular weight is 395 g/mol. The fourth-order valence-electron chi connectivity index (χ4n) is 3.01. The highest BCUT2D eigenvalue weighted by Gasteiger charge is 2.25. The van der Waals surface area contributed by atoms with Gasteiger partial charge in [-0.2, -0.15) is 5.26 Å². The van der Waals surface area contributed by atoms with Crippen molar-refractivity contribution >= 4 is 23.6 Å². The van der Waals surface area contributed by atoms with Gasteiger partial charge < -0.3 is 21.1 Å². The number of ether oxygens (including phenoxy) is 1. The van der Waals surface area contributed by atoms with E-state index in [4.69, 9.17) is 21.1 Å². The number of allylic oxidation sites excluding steroid dienone is 1. The number of anilines is 1. The minimum absolute atomic E-state index is 0.00686. The molecule has 1 atom stereocenters. The molecule has 1 saturated heterocycles. The minimum atomic E-state index is -0.586. The van der Waals surface area contributed by atoms with Crippen molar-refractivity contribution in [3.63, 3.8) is 0 Å². The summed E-state index contributed by atoms with van der Waals surface area (Å²) in [5.41, 5.74) is 6.68. The number of quaternary nitrogens is 1. The molecule has 0 saturated carbocycles. The second kappa shape index (κ2) is 9.59. The standard InChI is InChI=1S/C19H22N8O2/c20-5-3-12-8-25-18(26-9-12)16(17(21)22)19(28)27-14-11-24-7-4-15(14)29-13-2-1-6-23-10-13/h4,7-9,11,13,23,25H,1-3,6,10H2,(H3,21,22)(H,27,28)/p+1. The lowest BCUT2D eigenvalue weighted by Gasteiger charge is -2.25. The summed E-state index contributed by atoms with van der Waals surface area (Å²) >= 11 is 0. The third kappa shape index (κ3) is 5.25. The Bertz CT molecular complexity index is 922. The molecule has 0 radical (unpaired) electrons. The van der Waals surface area contributed by atoms with Crippen LogP contribution in [0.3, 0.4) is 0 Å². The van der Waals surface area contributed by atoms with E-state index in [0.29, 0.717) is 17.0 Å². The second-order valence-electron chi connectivity index (χ2n) is 6.59. The molecule has 29 heavy (non-hydrogen) atoms. The van der Waals surface area contributed by atoms with Crippen molar-refractivity contribution < 1.29 is 14.8 Å². The number of aromatic nitrogens is 1. The van der Waals surface area contributed by atoms with E-state index in [-0.39, 0.29) is 23.9 Å². The van der Waals surface area contributed by atoms with Gasteiger partial charge in [-0.15, -0.1) is 0 Å². The van der Waals surface area contributed by atoms with Crippen molar-refractivity contribution in [2.45, 2.75) is 25.4 Å². The van der Waals surface area contributed by atoms with Crippen LogP contribution in [0, 0.1) is 16.7 Å². The van der Waals surface area contributed by atoms with E-state index < -0.39 is 11.7 Å². The van der Waals surface area contributed by atoms with Gasteiger partial charge in [-0.1, -0.05) is 0 Å². The zero-order valence-electron chi connectivity index (χ0n) is 15.8. The summed E-state index contributed by atoms with van der Waals surface area (Å²) in [6.07, 6.45) is 8.41. The number of pyridine rings is 1. The maximum absolute atomic E-state index is 12.9. The predicted molar refractivity (Wildman–Crippen MR) is 107 cm³/mol. The summed E-state index contributed by atoms with van der Waals surface area (Å²) in [5, 5.41) is 24.1. The number of hydrogen-bond acceptors (Lipinski definition) is 7. The minimum Gasteiger partial charge on any atom is -0.487 e. The van der Waals surface area contributed by atoms with Gasteiger partial charge in [-0.3, -0.25) is 20.5 Å². The summed E-state index contributed by atoms with van der Waals surface area (Å²) in [7, 11) is 0. The van der Waals surface area contributed by atoms with Gasteiger partial charge in [0, 0.05) is 30.6 Å². The number of rotatable bonds is 6. The highest BCUT2D eigenvalue weighted by Crippen LogP contribution is 2.25. The number of piperidine rings is 1. The topological polar surface area (TPSA) is 166 Å². The molecule has 1 amide bonds. The van der Waals surface area contributed by atoms with Gasteiger partial charge in [0.25, 0.3) is 5.91 Å². The van der Waals surface area contributed by atoms with Gasteiger partial charge in [-0.05, 0) is 19.4 Å². The molecule has 10 heteroatoms. The molecule has 2 aliphatic heterocycles. The molecule has 0 spiro atoms. The van der Waals surface area contributed by atoms with Gasteiger partial charge in [0.15, 0.2) is 5.57 Å². The summed E-state index contributed by atoms with van der Waals surface area (Å²) in [6.45, 7) is 1.70. The van der Waals surface area contributed by atoms with E-state index in [9.17, 15) is 4.79 Å². The van der Waals surface area contributed by atoms with Gasteiger partial charge in [0.2, 0.25) is 5.82 Å². The van der Waals surface area contributed by atoms with E-state index in [1.54, 1.807) is 23.8 Å². The molecule has 1 fully saturated rings. The fraction of sp³-hybridized carbons (Fsp3) is 0.316. The first-order valence-corrected chi connectivity index (χ1v) is 9.25. The molecule has 7 N–H and O–H groups in total. The van der Waals surface area contributed by atoms with Gasteiger partial charge in [0.05, 0.1) is 18.7 Å². The number of amides is 1. The Morgan fingerprint density at radius 1 is 1.55 bits per heavy atom. The van der Waals surface area contributed by atoms with Crippen LogP contribution in [0.15, 0.2) is 46.6 Å². The highest BCUT2D eigenvalue weighted by molar-refractivity contribution is 6.23. The number of carbonyl (C=O) groups excluding carboxylic acids is 1. The van der Waals surface area contributed by atoms with Crippen LogP contribution in [0.2, 0.25) is 0 Å². The van der Waals surface area contributed by atoms with Crippen LogP contribution in [-0.4, -0.2) is 42.1 Å². The van der Waals surface area contributed by atoms with E-state index in [0.717, 1.165) is 25.9 Å². The lowest BCUT2D eigenvalue weighted by Crippen LogP contribution is -2.77. The summed E-state index contributed by atoms with van der Waals surface area (Å²) < 4.78 is 6.02. The molecular formula is C19H23N8O2+. The summed E-state index contributed by atoms with van der Waals surface area (Å²) in [6, 6.07) is 3.72. The SMILES string of the molecule is N#CCC1=C[NH2+]C(=C(C(=N)N)C(=O)Nc2cnccc2OC2CCCNC2)N=C1. The van der Waals surface area contributed by atoms with Crippen molar-refractivity contribution in [1.82, 2.24) is 10.3 Å². The highest BCUT2D eigenvalue weighted by atomic mass is 16.5. The van der Waals surface area contributed by atoms with Gasteiger partial charge in [0.1, 0.15) is 29.6 Å². The van der Waals surface area contributed by atoms with E-state index in [1.165, 1.54) is 12.4 Å². The monoisotopic (exact) mass is 395 g/mol. The first-order valence-electron chi connectivity index (χ1n) is 9.25. The molecule has 0 aromatic carbocycles. The van der Waals surface area contributed by atoms with Crippen molar-refractivity contribution in [2.75, 3.05) is 18.4 Å². The molecule has 1 aromatic heterocycles. The smallest absolute Gasteiger partial charge is 0.267 e. The Morgan fingerprint density at radius 2 is 2.41 bits per heavy atom. The van der Waals surface area contributed by atoms with Gasteiger partial charge >= 0.3 is 0 Å². The van der Waals surface area contributed by atoms with Crippen LogP contribution in [0.25, 0.3) is 0 Å². The zero-order chi connectivity index (χ0) is 20.6. The third-order valence-corrected chi connectivity index (χ3v) is 4.44. The molecule has 10 nitrogen and oxygen atoms in total. The maximum Gasteiger partial charge on any atom is 0.267 e. The van der Waals surface area contributed by atoms with Crippen LogP contribution in [0.5, 0.6) is 5.75 Å². The third-order valence-electron chi connectivity index (χ3n) is 4.44. The van der Waals surface area contributed by atoms with Crippen LogP contribution in [-0.2, 0) is 4.79 Å². The first kappa shape index (κ1) is 20.2. The van der Waals surface area contributed by atoms with E-state index in [2.05, 4.69) is 20.6 Å². The van der Waals surface area contributed by atoms with Gasteiger partial charge in [-0.25, -0.2) is 4.99 Å². The predicted octanol–water partition coefficient (Wildman–Crippen LogP) is -0.256. The summed E-state index contributed by atoms with van der Waals surface area (Å²) in [5.74, 6) is -0.245. The quantitative estimate of drug-likeness (QED) is 0.253. The molecule has 1 unspecified atom stereocenters. The largest absolute Gasteiger partial charge is 0.487 e. The molecule has 150 valence electrons. The van der Waals surface area contributed by atoms with E-state index in [1.807, 2.05) is 6.07 Å².